The van der Waals surface area contributed by atoms with E-state index in [0.717, 1.165) is 18.5 Å². The van der Waals surface area contributed by atoms with Gasteiger partial charge in [0.25, 0.3) is 10.0 Å². The van der Waals surface area contributed by atoms with Gasteiger partial charge in [0.15, 0.2) is 5.70 Å². The molecular formula is C29H26BrN3O8S. The van der Waals surface area contributed by atoms with Crippen LogP contribution in [0.2, 0.25) is 0 Å². The summed E-state index contributed by atoms with van der Waals surface area (Å²) in [4.78, 5) is 46.3. The van der Waals surface area contributed by atoms with Gasteiger partial charge >= 0.3 is 17.9 Å². The van der Waals surface area contributed by atoms with Crippen LogP contribution in [0.4, 0.5) is 5.69 Å². The number of aliphatic imine (C=N–C) groups is 1. The van der Waals surface area contributed by atoms with Crippen LogP contribution < -0.4 is 4.90 Å². The zero-order valence-corrected chi connectivity index (χ0v) is 25.5. The second kappa shape index (κ2) is 10.9. The minimum atomic E-state index is -4.47. The highest BCUT2D eigenvalue weighted by Gasteiger charge is 2.68. The molecular weight excluding hydrogens is 630 g/mol. The van der Waals surface area contributed by atoms with E-state index in [1.165, 1.54) is 19.2 Å². The molecule has 0 saturated carbocycles. The van der Waals surface area contributed by atoms with Crippen LogP contribution in [0, 0.1) is 11.8 Å². The molecule has 42 heavy (non-hydrogen) atoms. The number of sulfonamides is 1. The lowest BCUT2D eigenvalue weighted by molar-refractivity contribution is -0.144. The lowest BCUT2D eigenvalue weighted by Crippen LogP contribution is -2.55. The summed E-state index contributed by atoms with van der Waals surface area (Å²) in [5.74, 6) is 3.09. The number of ether oxygens (including phenoxy) is 3. The number of carbonyl (C=O) groups is 3. The summed E-state index contributed by atoms with van der Waals surface area (Å²) >= 11 is 3.31. The molecule has 3 aliphatic heterocycles. The van der Waals surface area contributed by atoms with Crippen LogP contribution in [0.3, 0.4) is 0 Å². The number of benzene rings is 2. The number of hydrogen-bond acceptors (Lipinski definition) is 10. The van der Waals surface area contributed by atoms with Crippen molar-refractivity contribution in [3.63, 3.8) is 0 Å². The number of halogens is 1. The molecule has 1 spiro atoms. The summed E-state index contributed by atoms with van der Waals surface area (Å²) in [6, 6.07) is 10.7. The number of amidine groups is 1. The van der Waals surface area contributed by atoms with Crippen molar-refractivity contribution >= 4 is 55.4 Å². The van der Waals surface area contributed by atoms with Crippen molar-refractivity contribution in [2.75, 3.05) is 32.8 Å². The Morgan fingerprint density at radius 1 is 1.02 bits per heavy atom. The second-order valence-electron chi connectivity index (χ2n) is 9.62. The van der Waals surface area contributed by atoms with Crippen molar-refractivity contribution in [3.8, 4) is 11.8 Å². The highest BCUT2D eigenvalue weighted by atomic mass is 79.9. The summed E-state index contributed by atoms with van der Waals surface area (Å²) in [5.41, 5.74) is -0.706. The normalized spacial score (nSPS) is 22.3. The molecule has 0 bridgehead atoms. The minimum absolute atomic E-state index is 0.113. The summed E-state index contributed by atoms with van der Waals surface area (Å²) in [6.07, 6.45) is -0.138. The molecule has 3 aliphatic rings. The number of esters is 3. The van der Waals surface area contributed by atoms with Gasteiger partial charge in [0.1, 0.15) is 11.9 Å². The molecule has 3 atom stereocenters. The Balaban J connectivity index is 1.90. The molecule has 0 amide bonds. The first-order chi connectivity index (χ1) is 20.1. The van der Waals surface area contributed by atoms with E-state index in [0.29, 0.717) is 15.7 Å². The van der Waals surface area contributed by atoms with Gasteiger partial charge in [0.2, 0.25) is 0 Å². The lowest BCUT2D eigenvalue weighted by atomic mass is 9.69. The SMILES string of the molecule is CC#CCN1c2ccccc2[C@]23C[C@@H](C(=O)OC)N(S(=O)(=O)c4ccc(Br)cc4)C2=NC(C(=O)OC)=C(C(=O)OC)[C@H]13. The third-order valence-corrected chi connectivity index (χ3v) is 10.0. The topological polar surface area (TPSA) is 132 Å². The molecule has 5 rings (SSSR count). The van der Waals surface area contributed by atoms with Gasteiger partial charge in [-0.1, -0.05) is 40.0 Å². The van der Waals surface area contributed by atoms with Crippen LogP contribution >= 0.6 is 15.9 Å². The summed E-state index contributed by atoms with van der Waals surface area (Å²) < 4.78 is 45.5. The van der Waals surface area contributed by atoms with Crippen molar-refractivity contribution in [3.05, 3.63) is 69.8 Å². The number of fused-ring (bicyclic) bond motifs is 1. The van der Waals surface area contributed by atoms with Gasteiger partial charge in [-0.05, 0) is 49.2 Å². The van der Waals surface area contributed by atoms with Crippen molar-refractivity contribution in [1.29, 1.82) is 0 Å². The molecule has 0 aromatic heterocycles. The molecule has 11 nitrogen and oxygen atoms in total. The summed E-state index contributed by atoms with van der Waals surface area (Å²) in [5, 5.41) is 0. The lowest BCUT2D eigenvalue weighted by Gasteiger charge is -2.40. The van der Waals surface area contributed by atoms with Crippen LogP contribution in [0.5, 0.6) is 0 Å². The fourth-order valence-electron chi connectivity index (χ4n) is 6.02. The molecule has 13 heteroatoms. The van der Waals surface area contributed by atoms with Gasteiger partial charge in [-0.3, -0.25) is 0 Å². The highest BCUT2D eigenvalue weighted by Crippen LogP contribution is 2.58. The third-order valence-electron chi connectivity index (χ3n) is 7.68. The molecule has 2 aromatic carbocycles. The number of rotatable bonds is 6. The van der Waals surface area contributed by atoms with E-state index in [2.05, 4.69) is 32.8 Å². The Labute approximate surface area is 251 Å². The van der Waals surface area contributed by atoms with Crippen LogP contribution in [-0.2, 0) is 44.0 Å². The van der Waals surface area contributed by atoms with Gasteiger partial charge in [0.05, 0.1) is 49.8 Å². The van der Waals surface area contributed by atoms with Crippen molar-refractivity contribution in [2.45, 2.75) is 35.7 Å². The van der Waals surface area contributed by atoms with Gasteiger partial charge in [-0.15, -0.1) is 5.92 Å². The van der Waals surface area contributed by atoms with E-state index >= 15 is 0 Å². The Morgan fingerprint density at radius 2 is 1.69 bits per heavy atom. The van der Waals surface area contributed by atoms with E-state index in [4.69, 9.17) is 14.2 Å². The highest BCUT2D eigenvalue weighted by molar-refractivity contribution is 9.10. The molecule has 218 valence electrons. The van der Waals surface area contributed by atoms with Gasteiger partial charge in [0, 0.05) is 10.2 Å². The predicted octanol–water partition coefficient (Wildman–Crippen LogP) is 2.55. The number of methoxy groups -OCH3 is 3. The first kappa shape index (κ1) is 29.3. The maximum atomic E-state index is 14.4. The van der Waals surface area contributed by atoms with E-state index < -0.39 is 51.1 Å². The molecule has 3 heterocycles. The fourth-order valence-corrected chi connectivity index (χ4v) is 7.91. The third kappa shape index (κ3) is 4.20. The zero-order chi connectivity index (χ0) is 30.4. The quantitative estimate of drug-likeness (QED) is 0.262. The number of anilines is 1. The maximum absolute atomic E-state index is 14.4. The van der Waals surface area contributed by atoms with E-state index in [9.17, 15) is 22.8 Å². The molecule has 0 unspecified atom stereocenters. The van der Waals surface area contributed by atoms with E-state index in [1.807, 2.05) is 6.07 Å². The molecule has 1 saturated heterocycles. The average molecular weight is 657 g/mol. The van der Waals surface area contributed by atoms with Crippen molar-refractivity contribution < 1.29 is 37.0 Å². The molecule has 0 aliphatic carbocycles. The number of hydrogen-bond donors (Lipinski definition) is 0. The first-order valence-electron chi connectivity index (χ1n) is 12.7. The standard InChI is InChI=1S/C29H26BrN3O8S/c1-5-6-15-32-20-10-8-7-9-19(20)29-16-21(25(34)39-2)33(42(37,38)18-13-11-17(30)12-14-18)28(29)31-23(27(36)41-4)22(24(29)32)26(35)40-3/h7-14,21,24H,15-16H2,1-4H3/t21-,24-,29-/m0/s1. The maximum Gasteiger partial charge on any atom is 0.357 e. The molecule has 1 fully saturated rings. The molecule has 2 aromatic rings. The average Bonchev–Trinajstić information content (AvgIpc) is 3.50. The first-order valence-corrected chi connectivity index (χ1v) is 14.9. The van der Waals surface area contributed by atoms with E-state index in [1.54, 1.807) is 42.2 Å². The van der Waals surface area contributed by atoms with Gasteiger partial charge in [-0.2, -0.15) is 0 Å². The zero-order valence-electron chi connectivity index (χ0n) is 23.1. The van der Waals surface area contributed by atoms with Gasteiger partial charge < -0.3 is 19.1 Å². The van der Waals surface area contributed by atoms with Crippen LogP contribution in [0.25, 0.3) is 0 Å². The Kier molecular flexibility index (Phi) is 7.63. The second-order valence-corrected chi connectivity index (χ2v) is 12.4. The fraction of sp³-hybridized carbons (Fsp3) is 0.310. The molecule has 0 radical (unpaired) electrons. The van der Waals surface area contributed by atoms with Crippen LogP contribution in [0.15, 0.2) is 74.2 Å². The van der Waals surface area contributed by atoms with Gasteiger partial charge in [-0.25, -0.2) is 32.1 Å². The summed E-state index contributed by atoms with van der Waals surface area (Å²) in [6.45, 7) is 1.78. The largest absolute Gasteiger partial charge is 0.467 e. The Hall–Kier alpha value is -4.15. The minimum Gasteiger partial charge on any atom is -0.467 e. The number of para-hydroxylation sites is 1. The molecule has 0 N–H and O–H groups in total. The Bertz CT molecular complexity index is 1720. The smallest absolute Gasteiger partial charge is 0.357 e. The number of carbonyl (C=O) groups excluding carboxylic acids is 3. The van der Waals surface area contributed by atoms with Crippen molar-refractivity contribution in [2.24, 2.45) is 4.99 Å². The Morgan fingerprint density at radius 3 is 2.31 bits per heavy atom. The van der Waals surface area contributed by atoms with E-state index in [-0.39, 0.29) is 29.3 Å². The number of nitrogens with zero attached hydrogens (tertiary/aromatic N) is 3. The van der Waals surface area contributed by atoms with Crippen LogP contribution in [-0.4, -0.2) is 76.4 Å². The monoisotopic (exact) mass is 655 g/mol. The predicted molar refractivity (Wildman–Crippen MR) is 155 cm³/mol. The van der Waals surface area contributed by atoms with Crippen molar-refractivity contribution in [1.82, 2.24) is 4.31 Å². The summed E-state index contributed by atoms with van der Waals surface area (Å²) in [7, 11) is -1.01. The van der Waals surface area contributed by atoms with Crippen LogP contribution in [0.1, 0.15) is 18.9 Å².